The molecule has 28 heavy (non-hydrogen) atoms. The lowest BCUT2D eigenvalue weighted by molar-refractivity contribution is -0.909. The molecular weight excluding hydrogens is 376 g/mol. The van der Waals surface area contributed by atoms with Crippen LogP contribution < -0.4 is 19.7 Å². The van der Waals surface area contributed by atoms with E-state index in [4.69, 9.17) is 25.8 Å². The van der Waals surface area contributed by atoms with Crippen molar-refractivity contribution in [2.24, 2.45) is 0 Å². The average Bonchev–Trinajstić information content (AvgIpc) is 2.74. The maximum absolute atomic E-state index is 6.13. The number of para-hydroxylation sites is 1. The normalized spacial score (nSPS) is 14.8. The molecule has 1 heterocycles. The Morgan fingerprint density at radius 2 is 1.89 bits per heavy atom. The van der Waals surface area contributed by atoms with Gasteiger partial charge in [-0.15, -0.1) is 0 Å². The van der Waals surface area contributed by atoms with Crippen LogP contribution in [0.2, 0.25) is 5.02 Å². The van der Waals surface area contributed by atoms with E-state index in [1.807, 2.05) is 36.4 Å². The molecule has 0 unspecified atom stereocenters. The second kappa shape index (κ2) is 11.3. The van der Waals surface area contributed by atoms with Crippen LogP contribution in [0.4, 0.5) is 0 Å². The summed E-state index contributed by atoms with van der Waals surface area (Å²) in [5.74, 6) is 1.60. The van der Waals surface area contributed by atoms with Crippen molar-refractivity contribution >= 4 is 11.6 Å². The zero-order chi connectivity index (χ0) is 19.6. The lowest BCUT2D eigenvalue weighted by Gasteiger charge is -2.23. The van der Waals surface area contributed by atoms with E-state index >= 15 is 0 Å². The van der Waals surface area contributed by atoms with Crippen LogP contribution in [-0.2, 0) is 17.9 Å². The Bertz CT molecular complexity index is 718. The van der Waals surface area contributed by atoms with Gasteiger partial charge in [0.25, 0.3) is 0 Å². The Balaban J connectivity index is 1.50. The molecule has 0 aromatic heterocycles. The smallest absolute Gasteiger partial charge is 0.170 e. The third kappa shape index (κ3) is 6.38. The maximum atomic E-state index is 6.13. The van der Waals surface area contributed by atoms with Crippen molar-refractivity contribution in [1.82, 2.24) is 0 Å². The van der Waals surface area contributed by atoms with Gasteiger partial charge in [0.15, 0.2) is 11.5 Å². The minimum absolute atomic E-state index is 0.491. The van der Waals surface area contributed by atoms with E-state index in [9.17, 15) is 0 Å². The summed E-state index contributed by atoms with van der Waals surface area (Å²) in [6.07, 6.45) is 1.21. The predicted molar refractivity (Wildman–Crippen MR) is 110 cm³/mol. The molecule has 0 amide bonds. The molecule has 1 saturated heterocycles. The molecule has 2 aromatic carbocycles. The number of hydrogen-bond donors (Lipinski definition) is 2. The summed E-state index contributed by atoms with van der Waals surface area (Å²) in [5, 5.41) is 3.08. The average molecular weight is 407 g/mol. The Kier molecular flexibility index (Phi) is 8.42. The van der Waals surface area contributed by atoms with Crippen molar-refractivity contribution in [2.75, 3.05) is 46.5 Å². The maximum Gasteiger partial charge on any atom is 0.170 e. The monoisotopic (exact) mass is 406 g/mol. The van der Waals surface area contributed by atoms with Gasteiger partial charge >= 0.3 is 0 Å². The zero-order valence-corrected chi connectivity index (χ0v) is 17.3. The number of nitrogens with one attached hydrogen (secondary N) is 1. The molecule has 152 valence electrons. The predicted octanol–water partition coefficient (Wildman–Crippen LogP) is 1.30. The third-order valence-electron chi connectivity index (χ3n) is 5.08. The molecule has 0 spiro atoms. The number of halogens is 1. The summed E-state index contributed by atoms with van der Waals surface area (Å²) in [6.45, 7) is 7.78. The molecule has 0 radical (unpaired) electrons. The van der Waals surface area contributed by atoms with Gasteiger partial charge in [-0.2, -0.15) is 0 Å². The standard InChI is InChI=1S/C22H29ClN2O3/c1-26-21-5-2-4-19(16-24-10-3-11-25-12-14-27-15-13-25)22(21)28-17-18-6-8-20(23)9-7-18/h2,4-9,24H,3,10-17H2,1H3/p+2. The van der Waals surface area contributed by atoms with Crippen molar-refractivity contribution in [3.63, 3.8) is 0 Å². The lowest BCUT2D eigenvalue weighted by atomic mass is 10.1. The fourth-order valence-electron chi connectivity index (χ4n) is 3.45. The third-order valence-corrected chi connectivity index (χ3v) is 5.33. The highest BCUT2D eigenvalue weighted by Gasteiger charge is 2.14. The van der Waals surface area contributed by atoms with Crippen LogP contribution in [0.3, 0.4) is 0 Å². The van der Waals surface area contributed by atoms with E-state index in [0.29, 0.717) is 6.61 Å². The molecule has 0 bridgehead atoms. The highest BCUT2D eigenvalue weighted by Crippen LogP contribution is 2.31. The van der Waals surface area contributed by atoms with Crippen molar-refractivity contribution in [1.29, 1.82) is 0 Å². The van der Waals surface area contributed by atoms with Gasteiger partial charge in [-0.3, -0.25) is 0 Å². The Hall–Kier alpha value is -1.79. The van der Waals surface area contributed by atoms with Gasteiger partial charge in [0.2, 0.25) is 0 Å². The van der Waals surface area contributed by atoms with Crippen LogP contribution in [0.1, 0.15) is 17.5 Å². The number of methoxy groups -OCH3 is 1. The Morgan fingerprint density at radius 1 is 1.11 bits per heavy atom. The van der Waals surface area contributed by atoms with Gasteiger partial charge in [-0.05, 0) is 29.8 Å². The fraction of sp³-hybridized carbons (Fsp3) is 0.455. The number of morpholine rings is 1. The number of hydrogen-bond acceptors (Lipinski definition) is 3. The molecular formula is C22H31ClN2O3+2. The van der Waals surface area contributed by atoms with Crippen LogP contribution in [-0.4, -0.2) is 46.5 Å². The van der Waals surface area contributed by atoms with Gasteiger partial charge in [-0.1, -0.05) is 29.8 Å². The summed E-state index contributed by atoms with van der Waals surface area (Å²) in [5.41, 5.74) is 2.24. The van der Waals surface area contributed by atoms with E-state index in [0.717, 1.165) is 67.0 Å². The van der Waals surface area contributed by atoms with Gasteiger partial charge in [0.1, 0.15) is 26.2 Å². The first-order chi connectivity index (χ1) is 13.8. The summed E-state index contributed by atoms with van der Waals surface area (Å²) < 4.78 is 17.1. The molecule has 3 N–H and O–H groups in total. The summed E-state index contributed by atoms with van der Waals surface area (Å²) in [6, 6.07) is 13.8. The first-order valence-corrected chi connectivity index (χ1v) is 10.4. The second-order valence-corrected chi connectivity index (χ2v) is 7.55. The number of quaternary nitrogens is 2. The molecule has 3 rings (SSSR count). The van der Waals surface area contributed by atoms with Crippen LogP contribution in [0.15, 0.2) is 42.5 Å². The summed E-state index contributed by atoms with van der Waals surface area (Å²) >= 11 is 5.96. The van der Waals surface area contributed by atoms with Crippen molar-refractivity contribution < 1.29 is 24.4 Å². The van der Waals surface area contributed by atoms with E-state index in [1.165, 1.54) is 13.0 Å². The van der Waals surface area contributed by atoms with Gasteiger partial charge in [-0.25, -0.2) is 0 Å². The van der Waals surface area contributed by atoms with E-state index in [2.05, 4.69) is 11.4 Å². The van der Waals surface area contributed by atoms with Crippen molar-refractivity contribution in [3.05, 3.63) is 58.6 Å². The molecule has 6 heteroatoms. The van der Waals surface area contributed by atoms with Gasteiger partial charge in [0.05, 0.1) is 39.0 Å². The topological polar surface area (TPSA) is 48.7 Å². The van der Waals surface area contributed by atoms with Gasteiger partial charge < -0.3 is 24.4 Å². The Labute approximate surface area is 172 Å². The molecule has 1 aliphatic rings. The lowest BCUT2D eigenvalue weighted by Crippen LogP contribution is -3.14. The van der Waals surface area contributed by atoms with E-state index < -0.39 is 0 Å². The second-order valence-electron chi connectivity index (χ2n) is 7.11. The number of rotatable bonds is 10. The minimum Gasteiger partial charge on any atom is -0.493 e. The first-order valence-electron chi connectivity index (χ1n) is 10.0. The molecule has 2 aromatic rings. The van der Waals surface area contributed by atoms with Crippen LogP contribution >= 0.6 is 11.6 Å². The molecule has 1 fully saturated rings. The molecule has 0 aliphatic carbocycles. The molecule has 0 atom stereocenters. The van der Waals surface area contributed by atoms with Crippen molar-refractivity contribution in [2.45, 2.75) is 19.6 Å². The molecule has 0 saturated carbocycles. The van der Waals surface area contributed by atoms with Crippen molar-refractivity contribution in [3.8, 4) is 11.5 Å². The first kappa shape index (κ1) is 20.9. The Morgan fingerprint density at radius 3 is 2.64 bits per heavy atom. The van der Waals surface area contributed by atoms with Crippen LogP contribution in [0, 0.1) is 0 Å². The number of nitrogens with two attached hydrogens (primary N) is 1. The minimum atomic E-state index is 0.491. The zero-order valence-electron chi connectivity index (χ0n) is 16.6. The highest BCUT2D eigenvalue weighted by atomic mass is 35.5. The number of ether oxygens (including phenoxy) is 3. The summed E-state index contributed by atoms with van der Waals surface area (Å²) in [4.78, 5) is 1.66. The summed E-state index contributed by atoms with van der Waals surface area (Å²) in [7, 11) is 1.68. The highest BCUT2D eigenvalue weighted by molar-refractivity contribution is 6.30. The van der Waals surface area contributed by atoms with Crippen LogP contribution in [0.25, 0.3) is 0 Å². The SMILES string of the molecule is COc1cccc(C[NH2+]CCC[NH+]2CCOCC2)c1OCc1ccc(Cl)cc1. The molecule has 1 aliphatic heterocycles. The number of benzene rings is 2. The quantitative estimate of drug-likeness (QED) is 0.585. The van der Waals surface area contributed by atoms with Gasteiger partial charge in [0, 0.05) is 11.4 Å². The van der Waals surface area contributed by atoms with Crippen LogP contribution in [0.5, 0.6) is 11.5 Å². The largest absolute Gasteiger partial charge is 0.493 e. The fourth-order valence-corrected chi connectivity index (χ4v) is 3.57. The van der Waals surface area contributed by atoms with E-state index in [1.54, 1.807) is 12.0 Å². The molecule has 5 nitrogen and oxygen atoms in total. The van der Waals surface area contributed by atoms with E-state index in [-0.39, 0.29) is 0 Å².